The van der Waals surface area contributed by atoms with Crippen LogP contribution in [-0.2, 0) is 29.8 Å². The molecule has 0 amide bonds. The van der Waals surface area contributed by atoms with Crippen LogP contribution in [0.4, 0.5) is 13.2 Å². The molecule has 1 saturated carbocycles. The van der Waals surface area contributed by atoms with E-state index in [1.54, 1.807) is 16.8 Å². The van der Waals surface area contributed by atoms with E-state index in [1.165, 1.54) is 0 Å². The second-order valence-corrected chi connectivity index (χ2v) is 9.92. The Morgan fingerprint density at radius 3 is 2.38 bits per heavy atom. The maximum absolute atomic E-state index is 12.1. The van der Waals surface area contributed by atoms with Gasteiger partial charge >= 0.3 is 18.1 Å². The molecule has 220 valence electrons. The highest BCUT2D eigenvalue weighted by atomic mass is 19.4. The monoisotopic (exact) mass is 583 g/mol. The van der Waals surface area contributed by atoms with Crippen LogP contribution in [0.25, 0.3) is 11.0 Å². The molecule has 10 nitrogen and oxygen atoms in total. The number of aryl methyl sites for hydroxylation is 1. The van der Waals surface area contributed by atoms with E-state index in [0.29, 0.717) is 30.9 Å². The van der Waals surface area contributed by atoms with Crippen molar-refractivity contribution in [3.05, 3.63) is 77.4 Å². The minimum atomic E-state index is -5.08. The molecule has 42 heavy (non-hydrogen) atoms. The molecule has 0 aliphatic heterocycles. The smallest absolute Gasteiger partial charge is 0.487 e. The van der Waals surface area contributed by atoms with Crippen LogP contribution < -0.4 is 4.74 Å². The SMILES string of the molecule is Cn1ccc(COc2ccc3nc([C@@H]4CCCC[C@@H]4C(=O)O)n(Cc4ccc(C#N)cc4)c3c2)n1.O=C(O)C(F)(F)F. The fourth-order valence-electron chi connectivity index (χ4n) is 4.96. The number of alkyl halides is 3. The molecule has 0 radical (unpaired) electrons. The minimum absolute atomic E-state index is 0.148. The van der Waals surface area contributed by atoms with Crippen molar-refractivity contribution in [2.45, 2.75) is 50.9 Å². The molecule has 0 unspecified atom stereocenters. The molecular weight excluding hydrogens is 555 g/mol. The number of benzene rings is 2. The summed E-state index contributed by atoms with van der Waals surface area (Å²) < 4.78 is 41.6. The lowest BCUT2D eigenvalue weighted by molar-refractivity contribution is -0.192. The normalized spacial score (nSPS) is 16.7. The van der Waals surface area contributed by atoms with E-state index >= 15 is 0 Å². The van der Waals surface area contributed by atoms with E-state index in [9.17, 15) is 23.1 Å². The molecular formula is C29H28F3N5O5. The van der Waals surface area contributed by atoms with Crippen molar-refractivity contribution in [1.29, 1.82) is 5.26 Å². The van der Waals surface area contributed by atoms with E-state index < -0.39 is 24.0 Å². The number of carbonyl (C=O) groups is 2. The highest BCUT2D eigenvalue weighted by Crippen LogP contribution is 2.39. The Kier molecular flexibility index (Phi) is 9.15. The molecule has 2 aromatic heterocycles. The predicted molar refractivity (Wildman–Crippen MR) is 144 cm³/mol. The van der Waals surface area contributed by atoms with E-state index in [0.717, 1.165) is 47.4 Å². The van der Waals surface area contributed by atoms with E-state index in [-0.39, 0.29) is 5.92 Å². The Balaban J connectivity index is 0.000000517. The summed E-state index contributed by atoms with van der Waals surface area (Å²) in [6.07, 6.45) is 0.181. The highest BCUT2D eigenvalue weighted by molar-refractivity contribution is 5.79. The molecule has 1 aliphatic carbocycles. The summed E-state index contributed by atoms with van der Waals surface area (Å²) in [6, 6.07) is 17.3. The molecule has 2 N–H and O–H groups in total. The number of nitrogens with zero attached hydrogens (tertiary/aromatic N) is 5. The fourth-order valence-corrected chi connectivity index (χ4v) is 4.96. The Labute approximate surface area is 238 Å². The third-order valence-corrected chi connectivity index (χ3v) is 6.99. The zero-order valence-electron chi connectivity index (χ0n) is 22.6. The van der Waals surface area contributed by atoms with Crippen molar-refractivity contribution < 1.29 is 37.7 Å². The number of halogens is 3. The number of fused-ring (bicyclic) bond motifs is 1. The standard InChI is InChI=1S/C27H27N5O3.C2HF3O2/c1-31-13-12-20(30-31)17-35-21-10-11-24-25(14-21)32(16-19-8-6-18(15-28)7-9-19)26(29-24)22-4-2-3-5-23(22)27(33)34;3-2(4,5)1(6)7/h6-14,22-23H,2-5,16-17H2,1H3,(H,33,34);(H,6,7)/t22-,23+;/m1./s1. The Hall–Kier alpha value is -4.86. The van der Waals surface area contributed by atoms with Crippen molar-refractivity contribution in [2.75, 3.05) is 0 Å². The summed E-state index contributed by atoms with van der Waals surface area (Å²) in [5, 5.41) is 30.5. The summed E-state index contributed by atoms with van der Waals surface area (Å²) in [7, 11) is 1.87. The van der Waals surface area contributed by atoms with Gasteiger partial charge in [0.1, 0.15) is 18.2 Å². The maximum Gasteiger partial charge on any atom is 0.490 e. The van der Waals surface area contributed by atoms with Crippen LogP contribution in [0.3, 0.4) is 0 Å². The molecule has 4 aromatic rings. The average Bonchev–Trinajstić information content (AvgIpc) is 3.54. The lowest BCUT2D eigenvalue weighted by Gasteiger charge is -2.28. The van der Waals surface area contributed by atoms with Crippen molar-refractivity contribution in [3.63, 3.8) is 0 Å². The van der Waals surface area contributed by atoms with Gasteiger partial charge in [-0.25, -0.2) is 9.78 Å². The van der Waals surface area contributed by atoms with Crippen molar-refractivity contribution >= 4 is 23.0 Å². The number of hydrogen-bond donors (Lipinski definition) is 2. The fraction of sp³-hybridized carbons (Fsp3) is 0.345. The first-order valence-corrected chi connectivity index (χ1v) is 13.1. The van der Waals surface area contributed by atoms with E-state index in [4.69, 9.17) is 24.9 Å². The van der Waals surface area contributed by atoms with Gasteiger partial charge in [-0.05, 0) is 48.7 Å². The van der Waals surface area contributed by atoms with Crippen LogP contribution >= 0.6 is 0 Å². The van der Waals surface area contributed by atoms with Crippen LogP contribution in [0.2, 0.25) is 0 Å². The molecule has 0 saturated heterocycles. The van der Waals surface area contributed by atoms with Gasteiger partial charge in [0.15, 0.2) is 0 Å². The van der Waals surface area contributed by atoms with Gasteiger partial charge in [-0.2, -0.15) is 23.5 Å². The van der Waals surface area contributed by atoms with Gasteiger partial charge in [0.25, 0.3) is 0 Å². The molecule has 1 aliphatic rings. The van der Waals surface area contributed by atoms with Crippen molar-refractivity contribution in [2.24, 2.45) is 13.0 Å². The Morgan fingerprint density at radius 1 is 1.10 bits per heavy atom. The number of aliphatic carboxylic acids is 2. The summed E-state index contributed by atoms with van der Waals surface area (Å²) in [5.74, 6) is -2.60. The highest BCUT2D eigenvalue weighted by Gasteiger charge is 2.38. The minimum Gasteiger partial charge on any atom is -0.487 e. The third-order valence-electron chi connectivity index (χ3n) is 6.99. The molecule has 2 aromatic carbocycles. The lowest BCUT2D eigenvalue weighted by atomic mass is 9.78. The lowest BCUT2D eigenvalue weighted by Crippen LogP contribution is -2.27. The van der Waals surface area contributed by atoms with Crippen LogP contribution in [0.5, 0.6) is 5.75 Å². The molecule has 0 spiro atoms. The van der Waals surface area contributed by atoms with Gasteiger partial charge < -0.3 is 19.5 Å². The predicted octanol–water partition coefficient (Wildman–Crippen LogP) is 5.26. The van der Waals surface area contributed by atoms with Crippen LogP contribution in [0.15, 0.2) is 54.7 Å². The number of aromatic nitrogens is 4. The van der Waals surface area contributed by atoms with Crippen LogP contribution in [0.1, 0.15) is 54.2 Å². The number of imidazole rings is 1. The summed E-state index contributed by atoms with van der Waals surface area (Å²) in [5.41, 5.74) is 4.18. The largest absolute Gasteiger partial charge is 0.490 e. The summed E-state index contributed by atoms with van der Waals surface area (Å²) in [4.78, 5) is 25.9. The first-order valence-electron chi connectivity index (χ1n) is 13.1. The zero-order valence-corrected chi connectivity index (χ0v) is 22.6. The first-order chi connectivity index (χ1) is 20.0. The van der Waals surface area contributed by atoms with Gasteiger partial charge in [0.2, 0.25) is 0 Å². The number of carboxylic acids is 2. The zero-order chi connectivity index (χ0) is 30.4. The van der Waals surface area contributed by atoms with E-state index in [2.05, 4.69) is 15.7 Å². The Bertz CT molecular complexity index is 1600. The van der Waals surface area contributed by atoms with Crippen LogP contribution in [0, 0.1) is 17.2 Å². The first kappa shape index (κ1) is 30.1. The third kappa shape index (κ3) is 7.25. The number of hydrogen-bond acceptors (Lipinski definition) is 6. The molecule has 2 atom stereocenters. The number of rotatable bonds is 7. The van der Waals surface area contributed by atoms with Crippen molar-refractivity contribution in [3.8, 4) is 11.8 Å². The molecule has 0 bridgehead atoms. The number of carboxylic acid groups (broad SMARTS) is 2. The Morgan fingerprint density at radius 2 is 1.79 bits per heavy atom. The molecule has 5 rings (SSSR count). The number of ether oxygens (including phenoxy) is 1. The van der Waals surface area contributed by atoms with E-state index in [1.807, 2.05) is 49.6 Å². The average molecular weight is 584 g/mol. The van der Waals surface area contributed by atoms with Crippen LogP contribution in [-0.4, -0.2) is 47.7 Å². The quantitative estimate of drug-likeness (QED) is 0.300. The number of nitriles is 1. The van der Waals surface area contributed by atoms with Crippen molar-refractivity contribution in [1.82, 2.24) is 19.3 Å². The van der Waals surface area contributed by atoms with Gasteiger partial charge in [0.05, 0.1) is 34.3 Å². The van der Waals surface area contributed by atoms with Gasteiger partial charge in [-0.15, -0.1) is 0 Å². The molecule has 2 heterocycles. The summed E-state index contributed by atoms with van der Waals surface area (Å²) in [6.45, 7) is 0.886. The molecule has 1 fully saturated rings. The van der Waals surface area contributed by atoms with Gasteiger partial charge in [-0.3, -0.25) is 9.48 Å². The summed E-state index contributed by atoms with van der Waals surface area (Å²) >= 11 is 0. The maximum atomic E-state index is 12.1. The van der Waals surface area contributed by atoms with Gasteiger partial charge in [0, 0.05) is 31.8 Å². The second-order valence-electron chi connectivity index (χ2n) is 9.92. The van der Waals surface area contributed by atoms with Gasteiger partial charge in [-0.1, -0.05) is 25.0 Å². The topological polar surface area (TPSA) is 143 Å². The second kappa shape index (κ2) is 12.8. The molecule has 13 heteroatoms.